The molecule has 13 aromatic rings. The zero-order chi connectivity index (χ0) is 39.5. The lowest BCUT2D eigenvalue weighted by atomic mass is 10.1. The number of benzene rings is 9. The van der Waals surface area contributed by atoms with Gasteiger partial charge >= 0.3 is 0 Å². The molecule has 0 amide bonds. The van der Waals surface area contributed by atoms with Crippen LogP contribution >= 0.6 is 0 Å². The van der Waals surface area contributed by atoms with E-state index in [0.717, 1.165) is 66.5 Å². The van der Waals surface area contributed by atoms with Gasteiger partial charge in [-0.3, -0.25) is 0 Å². The maximum Gasteiger partial charge on any atom is 0.0992 e. The Kier molecular flexibility index (Phi) is 6.73. The first kappa shape index (κ1) is 32.7. The van der Waals surface area contributed by atoms with Crippen LogP contribution in [0.2, 0.25) is 0 Å². The van der Waals surface area contributed by atoms with Crippen LogP contribution in [0.1, 0.15) is 5.56 Å². The normalized spacial score (nSPS) is 12.0. The number of hydrogen-bond acceptors (Lipinski definition) is 1. The molecule has 0 spiro atoms. The Morgan fingerprint density at radius 3 is 1.27 bits per heavy atom. The van der Waals surface area contributed by atoms with Crippen LogP contribution in [0.3, 0.4) is 0 Å². The molecule has 9 aromatic carbocycles. The van der Waals surface area contributed by atoms with E-state index in [-0.39, 0.29) is 0 Å². The molecule has 0 atom stereocenters. The van der Waals surface area contributed by atoms with Gasteiger partial charge in [0.2, 0.25) is 0 Å². The highest BCUT2D eigenvalue weighted by atomic mass is 15.0. The number of hydrogen-bond donors (Lipinski definition) is 0. The van der Waals surface area contributed by atoms with Crippen LogP contribution in [0.15, 0.2) is 200 Å². The molecule has 4 aromatic heterocycles. The molecule has 0 aliphatic carbocycles. The van der Waals surface area contributed by atoms with E-state index in [4.69, 9.17) is 0 Å². The van der Waals surface area contributed by atoms with Crippen molar-refractivity contribution < 1.29 is 0 Å². The van der Waals surface area contributed by atoms with Gasteiger partial charge in [0.1, 0.15) is 0 Å². The van der Waals surface area contributed by atoms with Crippen molar-refractivity contribution in [3.05, 3.63) is 206 Å². The van der Waals surface area contributed by atoms with Gasteiger partial charge < -0.3 is 18.3 Å². The third-order valence-corrected chi connectivity index (χ3v) is 12.5. The van der Waals surface area contributed by atoms with E-state index >= 15 is 0 Å². The van der Waals surface area contributed by atoms with Crippen molar-refractivity contribution in [2.45, 2.75) is 0 Å². The van der Waals surface area contributed by atoms with Gasteiger partial charge in [0.15, 0.2) is 0 Å². The molecule has 0 N–H and O–H groups in total. The van der Waals surface area contributed by atoms with Crippen LogP contribution in [0, 0.1) is 11.3 Å². The van der Waals surface area contributed by atoms with Gasteiger partial charge in [0.05, 0.1) is 55.8 Å². The molecule has 278 valence electrons. The summed E-state index contributed by atoms with van der Waals surface area (Å²) in [6.07, 6.45) is 0. The van der Waals surface area contributed by atoms with E-state index in [0.29, 0.717) is 5.56 Å². The minimum Gasteiger partial charge on any atom is -0.309 e. The summed E-state index contributed by atoms with van der Waals surface area (Å²) in [6.45, 7) is 0. The van der Waals surface area contributed by atoms with Gasteiger partial charge in [0, 0.05) is 65.8 Å². The predicted octanol–water partition coefficient (Wildman–Crippen LogP) is 13.9. The maximum absolute atomic E-state index is 10.2. The summed E-state index contributed by atoms with van der Waals surface area (Å²) in [7, 11) is 0. The van der Waals surface area contributed by atoms with Crippen molar-refractivity contribution in [1.82, 2.24) is 18.3 Å². The van der Waals surface area contributed by atoms with Crippen molar-refractivity contribution >= 4 is 87.2 Å². The summed E-state index contributed by atoms with van der Waals surface area (Å²) in [5.74, 6) is 0. The van der Waals surface area contributed by atoms with Crippen molar-refractivity contribution in [2.24, 2.45) is 0 Å². The lowest BCUT2D eigenvalue weighted by Crippen LogP contribution is -1.97. The number of aromatic nitrogens is 4. The van der Waals surface area contributed by atoms with E-state index in [1.54, 1.807) is 0 Å². The van der Waals surface area contributed by atoms with E-state index in [1.165, 1.54) is 43.5 Å². The summed E-state index contributed by atoms with van der Waals surface area (Å²) in [5.41, 5.74) is 14.1. The fourth-order valence-electron chi connectivity index (χ4n) is 10.1. The molecule has 0 fully saturated rings. The van der Waals surface area contributed by atoms with Crippen LogP contribution in [0.25, 0.3) is 110 Å². The highest BCUT2D eigenvalue weighted by Crippen LogP contribution is 2.45. The summed E-state index contributed by atoms with van der Waals surface area (Å²) in [5, 5.41) is 19.6. The van der Waals surface area contributed by atoms with Crippen LogP contribution in [0.5, 0.6) is 0 Å². The molecule has 13 rings (SSSR count). The minimum atomic E-state index is 0.633. The van der Waals surface area contributed by atoms with Gasteiger partial charge in [-0.1, -0.05) is 109 Å². The summed E-state index contributed by atoms with van der Waals surface area (Å²) >= 11 is 0. The molecule has 0 radical (unpaired) electrons. The number of fused-ring (bicyclic) bond motifs is 14. The Bertz CT molecular complexity index is 3930. The number of rotatable bonds is 4. The van der Waals surface area contributed by atoms with Crippen LogP contribution < -0.4 is 0 Å². The zero-order valence-electron chi connectivity index (χ0n) is 32.3. The molecular weight excluding hydrogens is 731 g/mol. The van der Waals surface area contributed by atoms with Crippen LogP contribution in [-0.2, 0) is 0 Å². The largest absolute Gasteiger partial charge is 0.309 e. The average Bonchev–Trinajstić information content (AvgIpc) is 4.04. The van der Waals surface area contributed by atoms with Gasteiger partial charge in [-0.15, -0.1) is 0 Å². The van der Waals surface area contributed by atoms with Crippen molar-refractivity contribution in [2.75, 3.05) is 0 Å². The Labute approximate surface area is 344 Å². The quantitative estimate of drug-likeness (QED) is 0.176. The molecule has 0 bridgehead atoms. The summed E-state index contributed by atoms with van der Waals surface area (Å²) in [4.78, 5) is 0. The standard InChI is InChI=1S/C55H33N5/c56-34-35-24-26-40-41-27-30-49-52(43-20-10-12-22-46(43)57(49)36-14-4-1-5-15-36)54(41)60(51(40)32-35)39-25-29-48-45(33-39)42-28-31-50-53(55(42)59(48)38-18-8-3-9-19-38)44-21-11-13-23-47(44)58(50)37-16-6-2-7-17-37/h1-33H. The topological polar surface area (TPSA) is 43.5 Å². The third kappa shape index (κ3) is 4.39. The molecular formula is C55H33N5. The van der Waals surface area contributed by atoms with E-state index in [1.807, 2.05) is 6.07 Å². The fourth-order valence-corrected chi connectivity index (χ4v) is 10.1. The van der Waals surface area contributed by atoms with Crippen molar-refractivity contribution in [1.29, 1.82) is 5.26 Å². The second kappa shape index (κ2) is 12.3. The Morgan fingerprint density at radius 1 is 0.283 bits per heavy atom. The smallest absolute Gasteiger partial charge is 0.0992 e. The predicted molar refractivity (Wildman–Crippen MR) is 249 cm³/mol. The first-order valence-electron chi connectivity index (χ1n) is 20.3. The highest BCUT2D eigenvalue weighted by Gasteiger charge is 2.24. The SMILES string of the molecule is N#Cc1ccc2c3ccc4c(c5ccccc5n4-c4ccccc4)c3n(-c3ccc4c(c3)c3ccc5c(c6ccccc6n5-c5ccccc5)c3n4-c3ccccc3)c2c1. The molecule has 5 heteroatoms. The Balaban J connectivity index is 1.19. The number of para-hydroxylation sites is 5. The number of nitriles is 1. The second-order valence-corrected chi connectivity index (χ2v) is 15.6. The highest BCUT2D eigenvalue weighted by molar-refractivity contribution is 6.28. The van der Waals surface area contributed by atoms with Crippen molar-refractivity contribution in [3.8, 4) is 28.8 Å². The van der Waals surface area contributed by atoms with E-state index in [9.17, 15) is 5.26 Å². The summed E-state index contributed by atoms with van der Waals surface area (Å²) in [6, 6.07) is 74.1. The first-order chi connectivity index (χ1) is 29.8. The minimum absolute atomic E-state index is 0.633. The molecule has 0 unspecified atom stereocenters. The fraction of sp³-hybridized carbons (Fsp3) is 0. The monoisotopic (exact) mass is 763 g/mol. The van der Waals surface area contributed by atoms with Crippen LogP contribution in [0.4, 0.5) is 0 Å². The lowest BCUT2D eigenvalue weighted by molar-refractivity contribution is 1.17. The third-order valence-electron chi connectivity index (χ3n) is 12.5. The first-order valence-corrected chi connectivity index (χ1v) is 20.3. The molecule has 0 aliphatic rings. The maximum atomic E-state index is 10.2. The molecule has 0 aliphatic heterocycles. The van der Waals surface area contributed by atoms with Gasteiger partial charge in [-0.2, -0.15) is 5.26 Å². The molecule has 0 saturated heterocycles. The molecule has 4 heterocycles. The van der Waals surface area contributed by atoms with Crippen molar-refractivity contribution in [3.63, 3.8) is 0 Å². The lowest BCUT2D eigenvalue weighted by Gasteiger charge is -2.12. The second-order valence-electron chi connectivity index (χ2n) is 15.6. The Hall–Kier alpha value is -8.33. The van der Waals surface area contributed by atoms with Gasteiger partial charge in [-0.25, -0.2) is 0 Å². The van der Waals surface area contributed by atoms with E-state index < -0.39 is 0 Å². The molecule has 0 saturated carbocycles. The zero-order valence-corrected chi connectivity index (χ0v) is 32.3. The molecule has 60 heavy (non-hydrogen) atoms. The number of nitrogens with zero attached hydrogens (tertiary/aromatic N) is 5. The van der Waals surface area contributed by atoms with E-state index in [2.05, 4.69) is 218 Å². The van der Waals surface area contributed by atoms with Gasteiger partial charge in [0.25, 0.3) is 0 Å². The van der Waals surface area contributed by atoms with Crippen LogP contribution in [-0.4, -0.2) is 18.3 Å². The Morgan fingerprint density at radius 2 is 0.717 bits per heavy atom. The summed E-state index contributed by atoms with van der Waals surface area (Å²) < 4.78 is 9.62. The van der Waals surface area contributed by atoms with Gasteiger partial charge in [-0.05, 0) is 91.0 Å². The average molecular weight is 764 g/mol. The molecule has 5 nitrogen and oxygen atoms in total.